The zero-order chi connectivity index (χ0) is 19.7. The van der Waals surface area contributed by atoms with Crippen LogP contribution in [0.25, 0.3) is 11.4 Å². The number of hydrogen-bond acceptors (Lipinski definition) is 6. The maximum atomic E-state index is 13.1. The molecular weight excluding hydrogens is 383 g/mol. The van der Waals surface area contributed by atoms with E-state index < -0.39 is 11.1 Å². The molecule has 1 aromatic heterocycles. The molecule has 1 atom stereocenters. The molecule has 9 heteroatoms. The molecule has 7 nitrogen and oxygen atoms in total. The number of aromatic nitrogens is 3. The fourth-order valence-corrected chi connectivity index (χ4v) is 3.79. The lowest BCUT2D eigenvalue weighted by Crippen LogP contribution is -2.31. The number of ether oxygens (including phenoxy) is 1. The van der Waals surface area contributed by atoms with Gasteiger partial charge < -0.3 is 4.74 Å². The van der Waals surface area contributed by atoms with Gasteiger partial charge >= 0.3 is 0 Å². The molecule has 0 saturated carbocycles. The van der Waals surface area contributed by atoms with E-state index in [1.807, 2.05) is 24.3 Å². The Kier molecular flexibility index (Phi) is 4.82. The predicted molar refractivity (Wildman–Crippen MR) is 102 cm³/mol. The van der Waals surface area contributed by atoms with Crippen molar-refractivity contribution in [2.24, 2.45) is 0 Å². The first kappa shape index (κ1) is 18.2. The maximum absolute atomic E-state index is 13.1. The highest BCUT2D eigenvalue weighted by molar-refractivity contribution is 8.00. The minimum atomic E-state index is -0.628. The molecule has 28 heavy (non-hydrogen) atoms. The van der Waals surface area contributed by atoms with Crippen molar-refractivity contribution in [3.63, 3.8) is 0 Å². The molecule has 0 unspecified atom stereocenters. The van der Waals surface area contributed by atoms with E-state index in [1.165, 1.54) is 24.3 Å². The second kappa shape index (κ2) is 7.43. The molecule has 2 amide bonds. The van der Waals surface area contributed by atoms with Gasteiger partial charge in [-0.3, -0.25) is 14.7 Å². The first-order valence-corrected chi connectivity index (χ1v) is 9.29. The van der Waals surface area contributed by atoms with Crippen LogP contribution in [0.4, 0.5) is 10.1 Å². The largest absolute Gasteiger partial charge is 0.497 e. The Morgan fingerprint density at radius 1 is 1.14 bits per heavy atom. The van der Waals surface area contributed by atoms with Crippen molar-refractivity contribution in [1.29, 1.82) is 0 Å². The van der Waals surface area contributed by atoms with Crippen molar-refractivity contribution in [1.82, 2.24) is 15.2 Å². The van der Waals surface area contributed by atoms with Crippen LogP contribution in [-0.2, 0) is 9.59 Å². The summed E-state index contributed by atoms with van der Waals surface area (Å²) >= 11 is 1.12. The Balaban J connectivity index is 1.49. The van der Waals surface area contributed by atoms with Crippen molar-refractivity contribution in [2.75, 3.05) is 12.0 Å². The van der Waals surface area contributed by atoms with Gasteiger partial charge in [-0.25, -0.2) is 14.3 Å². The number of aromatic amines is 1. The number of methoxy groups -OCH3 is 1. The molecule has 0 radical (unpaired) electrons. The standard InChI is InChI=1S/C19H15FN4O3S/c1-27-14-8-2-11(3-9-14)17-21-19(23-22-17)28-15-10-16(25)24(18(15)26)13-6-4-12(20)5-7-13/h2-9,15H,10H2,1H3,(H,21,22,23)/t15-/m1/s1. The summed E-state index contributed by atoms with van der Waals surface area (Å²) in [6.07, 6.45) is 0.0350. The summed E-state index contributed by atoms with van der Waals surface area (Å²) in [5.41, 5.74) is 1.18. The van der Waals surface area contributed by atoms with Gasteiger partial charge in [-0.15, -0.1) is 5.10 Å². The summed E-state index contributed by atoms with van der Waals surface area (Å²) in [6.45, 7) is 0. The van der Waals surface area contributed by atoms with Crippen molar-refractivity contribution in [3.05, 3.63) is 54.3 Å². The highest BCUT2D eigenvalue weighted by Crippen LogP contribution is 2.33. The number of carbonyl (C=O) groups excluding carboxylic acids is 2. The lowest BCUT2D eigenvalue weighted by atomic mass is 10.2. The Bertz CT molecular complexity index is 1020. The van der Waals surface area contributed by atoms with Crippen LogP contribution in [0.3, 0.4) is 0 Å². The summed E-state index contributed by atoms with van der Waals surface area (Å²) in [4.78, 5) is 30.4. The number of anilines is 1. The molecule has 0 aliphatic carbocycles. The summed E-state index contributed by atoms with van der Waals surface area (Å²) in [7, 11) is 1.59. The third-order valence-electron chi connectivity index (χ3n) is 4.27. The zero-order valence-corrected chi connectivity index (χ0v) is 15.6. The number of rotatable bonds is 5. The SMILES string of the molecule is COc1ccc(-c2nc(S[C@@H]3CC(=O)N(c4ccc(F)cc4)C3=O)n[nH]2)cc1. The molecule has 2 aromatic carbocycles. The topological polar surface area (TPSA) is 88.2 Å². The maximum Gasteiger partial charge on any atom is 0.247 e. The number of amides is 2. The Morgan fingerprint density at radius 2 is 1.86 bits per heavy atom. The highest BCUT2D eigenvalue weighted by atomic mass is 32.2. The number of nitrogens with zero attached hydrogens (tertiary/aromatic N) is 3. The van der Waals surface area contributed by atoms with Crippen LogP contribution in [0.2, 0.25) is 0 Å². The molecule has 1 aliphatic heterocycles. The van der Waals surface area contributed by atoms with Gasteiger partial charge in [-0.05, 0) is 48.5 Å². The third kappa shape index (κ3) is 3.48. The average molecular weight is 398 g/mol. The first-order valence-electron chi connectivity index (χ1n) is 8.41. The summed E-state index contributed by atoms with van der Waals surface area (Å²) in [5.74, 6) is 0.157. The van der Waals surface area contributed by atoms with Crippen LogP contribution in [0, 0.1) is 5.82 Å². The van der Waals surface area contributed by atoms with Gasteiger partial charge in [0.2, 0.25) is 17.0 Å². The first-order chi connectivity index (χ1) is 13.5. The molecule has 0 spiro atoms. The predicted octanol–water partition coefficient (Wildman–Crippen LogP) is 3.04. The van der Waals surface area contributed by atoms with E-state index in [9.17, 15) is 14.0 Å². The van der Waals surface area contributed by atoms with E-state index in [0.717, 1.165) is 28.0 Å². The summed E-state index contributed by atoms with van der Waals surface area (Å²) in [5, 5.41) is 6.71. The number of nitrogens with one attached hydrogen (secondary N) is 1. The van der Waals surface area contributed by atoms with Crippen molar-refractivity contribution in [2.45, 2.75) is 16.8 Å². The van der Waals surface area contributed by atoms with Gasteiger partial charge in [0, 0.05) is 12.0 Å². The quantitative estimate of drug-likeness (QED) is 0.665. The molecule has 4 rings (SSSR count). The highest BCUT2D eigenvalue weighted by Gasteiger charge is 2.40. The second-order valence-corrected chi connectivity index (χ2v) is 7.22. The minimum absolute atomic E-state index is 0.0350. The Hall–Kier alpha value is -3.20. The smallest absolute Gasteiger partial charge is 0.247 e. The number of benzene rings is 2. The number of imide groups is 1. The fourth-order valence-electron chi connectivity index (χ4n) is 2.86. The lowest BCUT2D eigenvalue weighted by Gasteiger charge is -2.14. The van der Waals surface area contributed by atoms with Crippen molar-refractivity contribution >= 4 is 29.3 Å². The molecule has 1 N–H and O–H groups in total. The van der Waals surface area contributed by atoms with Crippen LogP contribution in [0.5, 0.6) is 5.75 Å². The molecule has 2 heterocycles. The Morgan fingerprint density at radius 3 is 2.54 bits per heavy atom. The molecule has 1 aliphatic rings. The lowest BCUT2D eigenvalue weighted by molar-refractivity contribution is -0.121. The fraction of sp³-hybridized carbons (Fsp3) is 0.158. The van der Waals surface area contributed by atoms with E-state index in [0.29, 0.717) is 16.7 Å². The van der Waals surface area contributed by atoms with Crippen LogP contribution in [0.15, 0.2) is 53.7 Å². The molecule has 1 saturated heterocycles. The summed E-state index contributed by atoms with van der Waals surface area (Å²) < 4.78 is 18.2. The summed E-state index contributed by atoms with van der Waals surface area (Å²) in [6, 6.07) is 12.6. The van der Waals surface area contributed by atoms with E-state index in [2.05, 4.69) is 15.2 Å². The monoisotopic (exact) mass is 398 g/mol. The van der Waals surface area contributed by atoms with E-state index >= 15 is 0 Å². The molecule has 142 valence electrons. The normalized spacial score (nSPS) is 16.6. The van der Waals surface area contributed by atoms with Gasteiger partial charge in [-0.2, -0.15) is 0 Å². The van der Waals surface area contributed by atoms with Crippen LogP contribution < -0.4 is 9.64 Å². The van der Waals surface area contributed by atoms with Crippen LogP contribution >= 0.6 is 11.8 Å². The molecule has 1 fully saturated rings. The van der Waals surface area contributed by atoms with Crippen LogP contribution in [-0.4, -0.2) is 39.4 Å². The minimum Gasteiger partial charge on any atom is -0.497 e. The number of thioether (sulfide) groups is 1. The number of carbonyl (C=O) groups is 2. The van der Waals surface area contributed by atoms with Crippen molar-refractivity contribution in [3.8, 4) is 17.1 Å². The zero-order valence-electron chi connectivity index (χ0n) is 14.8. The third-order valence-corrected chi connectivity index (χ3v) is 5.31. The molecule has 3 aromatic rings. The van der Waals surface area contributed by atoms with Gasteiger partial charge in [0.25, 0.3) is 0 Å². The van der Waals surface area contributed by atoms with E-state index in [-0.39, 0.29) is 18.2 Å². The second-order valence-electron chi connectivity index (χ2n) is 6.05. The number of hydrogen-bond donors (Lipinski definition) is 1. The Labute approximate surface area is 163 Å². The molecule has 0 bridgehead atoms. The van der Waals surface area contributed by atoms with Crippen LogP contribution in [0.1, 0.15) is 6.42 Å². The van der Waals surface area contributed by atoms with Gasteiger partial charge in [0.05, 0.1) is 12.8 Å². The van der Waals surface area contributed by atoms with E-state index in [1.54, 1.807) is 7.11 Å². The van der Waals surface area contributed by atoms with Gasteiger partial charge in [0.15, 0.2) is 5.82 Å². The number of H-pyrrole nitrogens is 1. The van der Waals surface area contributed by atoms with Crippen molar-refractivity contribution < 1.29 is 18.7 Å². The molecular formula is C19H15FN4O3S. The van der Waals surface area contributed by atoms with E-state index in [4.69, 9.17) is 4.74 Å². The number of halogens is 1. The average Bonchev–Trinajstić information content (AvgIpc) is 3.28. The van der Waals surface area contributed by atoms with Gasteiger partial charge in [0.1, 0.15) is 16.8 Å². The van der Waals surface area contributed by atoms with Gasteiger partial charge in [-0.1, -0.05) is 11.8 Å².